The molecule has 5 heteroatoms. The average Bonchev–Trinajstić information content (AvgIpc) is 2.59. The topological polar surface area (TPSA) is 60.9 Å². The van der Waals surface area contributed by atoms with E-state index in [1.54, 1.807) is 18.7 Å². The molecule has 0 aromatic heterocycles. The van der Waals surface area contributed by atoms with Crippen molar-refractivity contribution in [2.75, 3.05) is 19.6 Å². The van der Waals surface area contributed by atoms with Crippen molar-refractivity contribution in [1.29, 1.82) is 0 Å². The van der Waals surface area contributed by atoms with Crippen molar-refractivity contribution in [1.82, 2.24) is 9.80 Å². The molecule has 0 saturated carbocycles. The summed E-state index contributed by atoms with van der Waals surface area (Å²) in [7, 11) is 0. The van der Waals surface area contributed by atoms with Gasteiger partial charge in [0.25, 0.3) is 0 Å². The molecule has 0 aliphatic carbocycles. The first-order valence-electron chi connectivity index (χ1n) is 6.51. The Kier molecular flexibility index (Phi) is 4.24. The number of carboxylic acids is 1. The summed E-state index contributed by atoms with van der Waals surface area (Å²) in [5.41, 5.74) is -1.17. The largest absolute Gasteiger partial charge is 0.480 e. The number of nitrogens with zero attached hydrogens (tertiary/aromatic N) is 2. The Morgan fingerprint density at radius 1 is 1.28 bits per heavy atom. The van der Waals surface area contributed by atoms with Gasteiger partial charge >= 0.3 is 12.0 Å². The van der Waals surface area contributed by atoms with E-state index in [2.05, 4.69) is 13.8 Å². The lowest BCUT2D eigenvalue weighted by Crippen LogP contribution is -2.56. The molecular weight excluding hydrogens is 232 g/mol. The first-order chi connectivity index (χ1) is 8.21. The molecule has 1 aliphatic heterocycles. The summed E-state index contributed by atoms with van der Waals surface area (Å²) in [6.45, 7) is 11.0. The molecule has 5 nitrogen and oxygen atoms in total. The van der Waals surface area contributed by atoms with E-state index >= 15 is 0 Å². The average molecular weight is 256 g/mol. The van der Waals surface area contributed by atoms with E-state index in [0.717, 1.165) is 0 Å². The predicted molar refractivity (Wildman–Crippen MR) is 69.4 cm³/mol. The van der Waals surface area contributed by atoms with Crippen molar-refractivity contribution in [3.63, 3.8) is 0 Å². The van der Waals surface area contributed by atoms with Crippen molar-refractivity contribution >= 4 is 12.0 Å². The van der Waals surface area contributed by atoms with Crippen LogP contribution in [-0.4, -0.2) is 52.1 Å². The monoisotopic (exact) mass is 256 g/mol. The second-order valence-corrected chi connectivity index (χ2v) is 5.75. The Labute approximate surface area is 109 Å². The fourth-order valence-electron chi connectivity index (χ4n) is 2.34. The smallest absolute Gasteiger partial charge is 0.329 e. The minimum absolute atomic E-state index is 0.166. The van der Waals surface area contributed by atoms with Gasteiger partial charge in [0.1, 0.15) is 5.54 Å². The van der Waals surface area contributed by atoms with Gasteiger partial charge in [0.15, 0.2) is 0 Å². The van der Waals surface area contributed by atoms with Crippen LogP contribution in [0, 0.1) is 11.8 Å². The summed E-state index contributed by atoms with van der Waals surface area (Å²) in [4.78, 5) is 26.9. The highest BCUT2D eigenvalue weighted by atomic mass is 16.4. The molecule has 1 rings (SSSR count). The first kappa shape index (κ1) is 14.8. The van der Waals surface area contributed by atoms with E-state index in [9.17, 15) is 14.7 Å². The van der Waals surface area contributed by atoms with Crippen LogP contribution in [0.2, 0.25) is 0 Å². The van der Waals surface area contributed by atoms with Crippen LogP contribution in [0.1, 0.15) is 34.6 Å². The van der Waals surface area contributed by atoms with Gasteiger partial charge in [-0.25, -0.2) is 9.59 Å². The number of carbonyl (C=O) groups excluding carboxylic acids is 1. The maximum absolute atomic E-state index is 12.4. The second kappa shape index (κ2) is 5.16. The van der Waals surface area contributed by atoms with Crippen LogP contribution in [0.15, 0.2) is 0 Å². The van der Waals surface area contributed by atoms with E-state index in [0.29, 0.717) is 31.5 Å². The maximum atomic E-state index is 12.4. The van der Waals surface area contributed by atoms with Crippen LogP contribution in [0.4, 0.5) is 4.79 Å². The highest BCUT2D eigenvalue weighted by Gasteiger charge is 2.41. The number of aliphatic carboxylic acids is 1. The van der Waals surface area contributed by atoms with E-state index in [1.807, 2.05) is 6.92 Å². The van der Waals surface area contributed by atoms with Crippen molar-refractivity contribution in [3.8, 4) is 0 Å². The van der Waals surface area contributed by atoms with Crippen molar-refractivity contribution in [2.24, 2.45) is 11.8 Å². The third-order valence-electron chi connectivity index (χ3n) is 4.00. The van der Waals surface area contributed by atoms with E-state index in [-0.39, 0.29) is 6.03 Å². The van der Waals surface area contributed by atoms with E-state index in [1.165, 1.54) is 4.90 Å². The van der Waals surface area contributed by atoms with Crippen molar-refractivity contribution in [2.45, 2.75) is 40.2 Å². The highest BCUT2D eigenvalue weighted by Crippen LogP contribution is 2.25. The zero-order chi connectivity index (χ0) is 14.1. The number of likely N-dealkylation sites (tertiary alicyclic amines) is 1. The Morgan fingerprint density at radius 3 is 2.06 bits per heavy atom. The second-order valence-electron chi connectivity index (χ2n) is 5.75. The summed E-state index contributed by atoms with van der Waals surface area (Å²) < 4.78 is 0. The molecule has 0 aromatic rings. The molecule has 1 aliphatic rings. The fourth-order valence-corrected chi connectivity index (χ4v) is 2.34. The predicted octanol–water partition coefficient (Wildman–Crippen LogP) is 1.88. The van der Waals surface area contributed by atoms with Gasteiger partial charge in [-0.3, -0.25) is 0 Å². The number of carbonyl (C=O) groups is 2. The van der Waals surface area contributed by atoms with Crippen LogP contribution in [0.3, 0.4) is 0 Å². The van der Waals surface area contributed by atoms with Gasteiger partial charge < -0.3 is 14.9 Å². The molecule has 0 radical (unpaired) electrons. The van der Waals surface area contributed by atoms with Crippen LogP contribution in [0.5, 0.6) is 0 Å². The van der Waals surface area contributed by atoms with Gasteiger partial charge in [0.2, 0.25) is 0 Å². The zero-order valence-electron chi connectivity index (χ0n) is 11.9. The zero-order valence-corrected chi connectivity index (χ0v) is 11.9. The standard InChI is InChI=1S/C13H24N2O3/c1-6-15(13(4,5)11(16)17)12(18)14-7-9(2)10(3)8-14/h9-10H,6-8H2,1-5H3,(H,16,17). The molecule has 1 saturated heterocycles. The summed E-state index contributed by atoms with van der Waals surface area (Å²) >= 11 is 0. The first-order valence-corrected chi connectivity index (χ1v) is 6.51. The molecule has 1 fully saturated rings. The highest BCUT2D eigenvalue weighted by molar-refractivity contribution is 5.85. The third kappa shape index (κ3) is 2.60. The molecule has 2 amide bonds. The molecule has 2 unspecified atom stereocenters. The number of hydrogen-bond acceptors (Lipinski definition) is 2. The van der Waals surface area contributed by atoms with Gasteiger partial charge in [0, 0.05) is 19.6 Å². The van der Waals surface area contributed by atoms with Crippen LogP contribution < -0.4 is 0 Å². The lowest BCUT2D eigenvalue weighted by Gasteiger charge is -2.37. The van der Waals surface area contributed by atoms with Gasteiger partial charge in [-0.15, -0.1) is 0 Å². The molecule has 104 valence electrons. The number of hydrogen-bond donors (Lipinski definition) is 1. The minimum atomic E-state index is -1.17. The molecule has 0 aromatic carbocycles. The fraction of sp³-hybridized carbons (Fsp3) is 0.846. The number of likely N-dealkylation sites (N-methyl/N-ethyl adjacent to an activating group) is 1. The molecule has 0 bridgehead atoms. The molecule has 0 spiro atoms. The maximum Gasteiger partial charge on any atom is 0.329 e. The summed E-state index contributed by atoms with van der Waals surface area (Å²) in [6, 6.07) is -0.166. The van der Waals surface area contributed by atoms with Crippen LogP contribution in [-0.2, 0) is 4.79 Å². The lowest BCUT2D eigenvalue weighted by atomic mass is 10.0. The van der Waals surface area contributed by atoms with Gasteiger partial charge in [-0.1, -0.05) is 13.8 Å². The van der Waals surface area contributed by atoms with E-state index in [4.69, 9.17) is 0 Å². The van der Waals surface area contributed by atoms with Crippen LogP contribution in [0.25, 0.3) is 0 Å². The van der Waals surface area contributed by atoms with Gasteiger partial charge in [-0.2, -0.15) is 0 Å². The molecule has 1 N–H and O–H groups in total. The number of carboxylic acid groups (broad SMARTS) is 1. The number of amides is 2. The van der Waals surface area contributed by atoms with Crippen molar-refractivity contribution in [3.05, 3.63) is 0 Å². The SMILES string of the molecule is CCN(C(=O)N1CC(C)C(C)C1)C(C)(C)C(=O)O. The number of urea groups is 1. The normalized spacial score (nSPS) is 24.2. The Balaban J connectivity index is 2.84. The third-order valence-corrected chi connectivity index (χ3v) is 4.00. The Morgan fingerprint density at radius 2 is 1.72 bits per heavy atom. The van der Waals surface area contributed by atoms with Gasteiger partial charge in [-0.05, 0) is 32.6 Å². The molecular formula is C13H24N2O3. The quantitative estimate of drug-likeness (QED) is 0.838. The minimum Gasteiger partial charge on any atom is -0.480 e. The number of rotatable bonds is 3. The van der Waals surface area contributed by atoms with Crippen LogP contribution >= 0.6 is 0 Å². The summed E-state index contributed by atoms with van der Waals surface area (Å²) in [6.07, 6.45) is 0. The molecule has 2 atom stereocenters. The van der Waals surface area contributed by atoms with Gasteiger partial charge in [0.05, 0.1) is 0 Å². The van der Waals surface area contributed by atoms with Crippen molar-refractivity contribution < 1.29 is 14.7 Å². The lowest BCUT2D eigenvalue weighted by molar-refractivity contribution is -0.147. The summed E-state index contributed by atoms with van der Waals surface area (Å²) in [5.74, 6) is -0.0285. The Bertz CT molecular complexity index is 331. The summed E-state index contributed by atoms with van der Waals surface area (Å²) in [5, 5.41) is 9.23. The molecule has 1 heterocycles. The Hall–Kier alpha value is -1.26. The molecule has 18 heavy (non-hydrogen) atoms. The van der Waals surface area contributed by atoms with E-state index < -0.39 is 11.5 Å².